The van der Waals surface area contributed by atoms with Crippen LogP contribution >= 0.6 is 0 Å². The highest BCUT2D eigenvalue weighted by molar-refractivity contribution is 5.88. The lowest BCUT2D eigenvalue weighted by Crippen LogP contribution is -1.83. The lowest BCUT2D eigenvalue weighted by Gasteiger charge is -2.01. The Hall–Kier alpha value is -3.15. The van der Waals surface area contributed by atoms with E-state index in [1.54, 1.807) is 0 Å². The van der Waals surface area contributed by atoms with Crippen molar-refractivity contribution in [3.05, 3.63) is 36.4 Å². The maximum atomic E-state index is 9.80. The molecule has 0 aliphatic carbocycles. The van der Waals surface area contributed by atoms with Crippen molar-refractivity contribution >= 4 is 11.0 Å². The number of rotatable bonds is 2. The Labute approximate surface area is 119 Å². The van der Waals surface area contributed by atoms with E-state index in [0.29, 0.717) is 5.56 Å². The molecule has 3 rings (SSSR count). The minimum Gasteiger partial charge on any atom is -0.507 e. The van der Waals surface area contributed by atoms with Gasteiger partial charge in [-0.2, -0.15) is 0 Å². The fourth-order valence-electron chi connectivity index (χ4n) is 2.05. The van der Waals surface area contributed by atoms with Gasteiger partial charge in [-0.15, -0.1) is 0 Å². The van der Waals surface area contributed by atoms with Crippen molar-refractivity contribution in [2.45, 2.75) is 0 Å². The summed E-state index contributed by atoms with van der Waals surface area (Å²) in [7, 11) is 0. The van der Waals surface area contributed by atoms with E-state index in [1.165, 1.54) is 30.3 Å². The summed E-state index contributed by atoms with van der Waals surface area (Å²) in [5.41, 5.74) is 0.517. The smallest absolute Gasteiger partial charge is 0.402 e. The zero-order chi connectivity index (χ0) is 15.9. The number of phenolic OH excluding ortho intramolecular Hbond substituents is 4. The Bertz CT molecular complexity index is 878. The van der Waals surface area contributed by atoms with E-state index in [9.17, 15) is 20.4 Å². The van der Waals surface area contributed by atoms with Gasteiger partial charge in [0.1, 0.15) is 16.9 Å². The molecule has 0 radical (unpaired) electrons. The first-order valence-corrected chi connectivity index (χ1v) is 5.98. The van der Waals surface area contributed by atoms with Crippen molar-refractivity contribution in [2.75, 3.05) is 0 Å². The van der Waals surface area contributed by atoms with Crippen LogP contribution in [0.2, 0.25) is 0 Å². The monoisotopic (exact) mass is 288 g/mol. The Balaban J connectivity index is 2.30. The average Bonchev–Trinajstić information content (AvgIpc) is 2.48. The molecule has 6 heteroatoms. The third kappa shape index (κ3) is 2.12. The van der Waals surface area contributed by atoms with Gasteiger partial charge in [-0.25, -0.2) is 4.42 Å². The Kier molecular flexibility index (Phi) is 2.47. The molecule has 0 bridgehead atoms. The lowest BCUT2D eigenvalue weighted by molar-refractivity contribution is 0.403. The number of hydrogen-bond donors (Lipinski definition) is 5. The zero-order valence-electron chi connectivity index (χ0n) is 11.6. The molecule has 1 aromatic heterocycles. The van der Waals surface area contributed by atoms with E-state index in [-0.39, 0.29) is 45.5 Å². The second kappa shape index (κ2) is 4.45. The van der Waals surface area contributed by atoms with E-state index in [1.807, 2.05) is 0 Å². The summed E-state index contributed by atoms with van der Waals surface area (Å²) in [5.74, 6) is -0.970. The van der Waals surface area contributed by atoms with E-state index < -0.39 is 0 Å². The largest absolute Gasteiger partial charge is 0.507 e. The first-order valence-electron chi connectivity index (χ1n) is 6.39. The van der Waals surface area contributed by atoms with Crippen LogP contribution in [0.15, 0.2) is 40.8 Å². The third-order valence-corrected chi connectivity index (χ3v) is 3.05. The van der Waals surface area contributed by atoms with Gasteiger partial charge in [0.25, 0.3) is 1.43 Å². The molecule has 106 valence electrons. The van der Waals surface area contributed by atoms with Crippen molar-refractivity contribution in [2.24, 2.45) is 0 Å². The van der Waals surface area contributed by atoms with Crippen LogP contribution in [0.4, 0.5) is 0 Å². The highest BCUT2D eigenvalue weighted by Gasteiger charge is 2.24. The fourth-order valence-corrected chi connectivity index (χ4v) is 2.05. The molecule has 21 heavy (non-hydrogen) atoms. The normalized spacial score (nSPS) is 11.3. The Morgan fingerprint density at radius 3 is 2.33 bits per heavy atom. The molecule has 0 aliphatic heterocycles. The van der Waals surface area contributed by atoms with Crippen LogP contribution in [-0.4, -0.2) is 27.0 Å². The summed E-state index contributed by atoms with van der Waals surface area (Å²) in [6, 6.07) is 7.78. The first kappa shape index (κ1) is 11.7. The number of hydrogen-bond acceptors (Lipinski definition) is 5. The number of phenols is 4. The van der Waals surface area contributed by atoms with Crippen LogP contribution in [0.5, 0.6) is 28.7 Å². The lowest BCUT2D eigenvalue weighted by atomic mass is 10.1. The molecule has 0 saturated heterocycles. The minimum atomic E-state index is -0.359. The van der Waals surface area contributed by atoms with Crippen LogP contribution in [0.25, 0.3) is 22.3 Å². The molecule has 0 atom stereocenters. The number of fused-ring (bicyclic) bond motifs is 1. The van der Waals surface area contributed by atoms with Gasteiger partial charge in [0.15, 0.2) is 11.5 Å². The van der Waals surface area contributed by atoms with Crippen molar-refractivity contribution in [1.29, 1.82) is 1.43 Å². The second-order valence-corrected chi connectivity index (χ2v) is 4.52. The van der Waals surface area contributed by atoms with Crippen molar-refractivity contribution in [1.82, 2.24) is 0 Å². The topological polar surface area (TPSA) is 112 Å². The predicted molar refractivity (Wildman–Crippen MR) is 74.4 cm³/mol. The van der Waals surface area contributed by atoms with Crippen molar-refractivity contribution in [3.8, 4) is 40.1 Å². The molecule has 0 aliphatic rings. The molecule has 0 unspecified atom stereocenters. The molecule has 0 amide bonds. The zero-order valence-corrected chi connectivity index (χ0v) is 10.6. The molecule has 0 saturated carbocycles. The Morgan fingerprint density at radius 2 is 1.62 bits per heavy atom. The molecular formula is C15H11O6+. The van der Waals surface area contributed by atoms with Crippen LogP contribution in [0.3, 0.4) is 0 Å². The van der Waals surface area contributed by atoms with Gasteiger partial charge in [-0.3, -0.25) is 0 Å². The van der Waals surface area contributed by atoms with Gasteiger partial charge in [0.05, 0.1) is 11.6 Å². The number of aromatic hydroxyl groups is 5. The van der Waals surface area contributed by atoms with Gasteiger partial charge in [-0.05, 0) is 12.1 Å². The van der Waals surface area contributed by atoms with E-state index >= 15 is 0 Å². The molecule has 0 fully saturated rings. The van der Waals surface area contributed by atoms with Gasteiger partial charge < -0.3 is 25.5 Å². The fraction of sp³-hybridized carbons (Fsp3) is 0. The van der Waals surface area contributed by atoms with Crippen molar-refractivity contribution < 1.29 is 30.0 Å². The van der Waals surface area contributed by atoms with Gasteiger partial charge in [0, 0.05) is 18.2 Å². The van der Waals surface area contributed by atoms with Crippen LogP contribution in [0.1, 0.15) is 0 Å². The molecule has 0 spiro atoms. The SMILES string of the molecule is [2H]Oc1cc2c(O)cc(O)cc2[o+]c1-c1ccc(O)c(O)c1. The molecular weight excluding hydrogens is 276 g/mol. The standard InChI is InChI=1S/C15H10O6/c16-8-4-11(18)9-6-13(20)15(21-14(9)5-8)7-1-2-10(17)12(19)3-7/h1-6H,(H4-,16,17,18,19,20)/p+1/i/hD. The molecule has 2 aromatic carbocycles. The summed E-state index contributed by atoms with van der Waals surface area (Å²) in [6.45, 7) is 0. The van der Waals surface area contributed by atoms with E-state index in [2.05, 4.69) is 5.11 Å². The maximum absolute atomic E-state index is 9.80. The maximum Gasteiger partial charge on any atom is 0.402 e. The first-order chi connectivity index (χ1) is 10.5. The quantitative estimate of drug-likeness (QED) is 0.366. The summed E-state index contributed by atoms with van der Waals surface area (Å²) < 4.78 is 12.7. The van der Waals surface area contributed by atoms with E-state index in [0.717, 1.165) is 6.07 Å². The highest BCUT2D eigenvalue weighted by atomic mass is 16.4. The minimum absolute atomic E-state index is 0.00132. The van der Waals surface area contributed by atoms with Gasteiger partial charge in [0.2, 0.25) is 5.75 Å². The van der Waals surface area contributed by atoms with Crippen LogP contribution in [0, 0.1) is 0 Å². The molecule has 5 N–H and O–H groups in total. The summed E-state index contributed by atoms with van der Waals surface area (Å²) >= 11 is 0. The second-order valence-electron chi connectivity index (χ2n) is 4.52. The van der Waals surface area contributed by atoms with Gasteiger partial charge >= 0.3 is 11.3 Å². The predicted octanol–water partition coefficient (Wildman–Crippen LogP) is 2.91. The number of benzene rings is 2. The molecule has 6 nitrogen and oxygen atoms in total. The Morgan fingerprint density at radius 1 is 0.810 bits per heavy atom. The molecule has 1 heterocycles. The van der Waals surface area contributed by atoms with Crippen LogP contribution in [-0.2, 0) is 0 Å². The van der Waals surface area contributed by atoms with Gasteiger partial charge in [-0.1, -0.05) is 0 Å². The third-order valence-electron chi connectivity index (χ3n) is 3.05. The van der Waals surface area contributed by atoms with E-state index in [4.69, 9.17) is 5.85 Å². The average molecular weight is 288 g/mol. The summed E-state index contributed by atoms with van der Waals surface area (Å²) in [4.78, 5) is 0. The summed E-state index contributed by atoms with van der Waals surface area (Å²) in [6.07, 6.45) is 0. The molecule has 3 aromatic rings. The summed E-state index contributed by atoms with van der Waals surface area (Å²) in [5, 5.41) is 43.0. The van der Waals surface area contributed by atoms with Crippen LogP contribution < -0.4 is 0 Å². The highest BCUT2D eigenvalue weighted by Crippen LogP contribution is 2.40. The van der Waals surface area contributed by atoms with Crippen molar-refractivity contribution in [3.63, 3.8) is 0 Å².